The van der Waals surface area contributed by atoms with E-state index in [1.807, 2.05) is 0 Å². The van der Waals surface area contributed by atoms with E-state index in [1.54, 1.807) is 0 Å². The monoisotopic (exact) mass is 375 g/mol. The number of piperazine rings is 1. The molecular formula is C23H29N5. The van der Waals surface area contributed by atoms with Crippen molar-refractivity contribution in [2.75, 3.05) is 44.0 Å². The molecule has 0 saturated carbocycles. The number of nitrogens with one attached hydrogen (secondary N) is 2. The molecule has 0 amide bonds. The van der Waals surface area contributed by atoms with Crippen LogP contribution in [0.25, 0.3) is 6.08 Å². The van der Waals surface area contributed by atoms with Crippen LogP contribution in [0.1, 0.15) is 29.0 Å². The lowest BCUT2D eigenvalue weighted by atomic mass is 9.84. The van der Waals surface area contributed by atoms with E-state index >= 15 is 0 Å². The number of benzene rings is 2. The number of nitrogens with two attached hydrogens (primary N) is 1. The minimum atomic E-state index is -0.536. The fourth-order valence-electron chi connectivity index (χ4n) is 4.74. The van der Waals surface area contributed by atoms with Gasteiger partial charge in [0.15, 0.2) is 0 Å². The summed E-state index contributed by atoms with van der Waals surface area (Å²) in [6.07, 6.45) is 6.53. The SMILES string of the molecule is CN1CCN(Nc2ccc3c(c2)C=C[C@](N)(C2CCc4ccccc42)N3)CC1. The van der Waals surface area contributed by atoms with Crippen LogP contribution in [0.4, 0.5) is 11.4 Å². The molecule has 0 radical (unpaired) electrons. The maximum Gasteiger partial charge on any atom is 0.112 e. The average molecular weight is 376 g/mol. The molecule has 1 aliphatic carbocycles. The van der Waals surface area contributed by atoms with Gasteiger partial charge in [-0.15, -0.1) is 0 Å². The number of likely N-dealkylation sites (N-methyl/N-ethyl adjacent to an activating group) is 1. The van der Waals surface area contributed by atoms with Gasteiger partial charge in [0.25, 0.3) is 0 Å². The zero-order valence-corrected chi connectivity index (χ0v) is 16.5. The van der Waals surface area contributed by atoms with Gasteiger partial charge in [-0.05, 0) is 60.9 Å². The van der Waals surface area contributed by atoms with E-state index in [0.717, 1.165) is 50.4 Å². The average Bonchev–Trinajstić information content (AvgIpc) is 3.15. The number of rotatable bonds is 3. The predicted molar refractivity (Wildman–Crippen MR) is 116 cm³/mol. The second kappa shape index (κ2) is 6.92. The van der Waals surface area contributed by atoms with Gasteiger partial charge in [0.05, 0.1) is 0 Å². The van der Waals surface area contributed by atoms with E-state index in [0.29, 0.717) is 5.92 Å². The van der Waals surface area contributed by atoms with Crippen molar-refractivity contribution in [2.45, 2.75) is 24.4 Å². The Morgan fingerprint density at radius 3 is 2.79 bits per heavy atom. The molecule has 2 aliphatic heterocycles. The van der Waals surface area contributed by atoms with Crippen LogP contribution in [0, 0.1) is 0 Å². The summed E-state index contributed by atoms with van der Waals surface area (Å²) in [5.41, 5.74) is 16.1. The van der Waals surface area contributed by atoms with Crippen molar-refractivity contribution in [3.05, 3.63) is 65.2 Å². The second-order valence-electron chi connectivity index (χ2n) is 8.39. The molecule has 2 heterocycles. The van der Waals surface area contributed by atoms with Crippen LogP contribution in [0.15, 0.2) is 48.5 Å². The van der Waals surface area contributed by atoms with Crippen LogP contribution in [0.2, 0.25) is 0 Å². The first-order valence-corrected chi connectivity index (χ1v) is 10.3. The van der Waals surface area contributed by atoms with E-state index in [9.17, 15) is 0 Å². The third kappa shape index (κ3) is 3.20. The Hall–Kier alpha value is -2.34. The number of hydrogen-bond donors (Lipinski definition) is 3. The quantitative estimate of drug-likeness (QED) is 0.770. The summed E-state index contributed by atoms with van der Waals surface area (Å²) >= 11 is 0. The summed E-state index contributed by atoms with van der Waals surface area (Å²) in [6.45, 7) is 4.26. The Bertz CT molecular complexity index is 900. The number of anilines is 2. The molecule has 2 aromatic carbocycles. The third-order valence-electron chi connectivity index (χ3n) is 6.44. The smallest absolute Gasteiger partial charge is 0.112 e. The standard InChI is InChI=1S/C23H29N5/c1-27-12-14-28(15-13-27)26-19-7-9-22-18(16-19)10-11-23(24,25-22)21-8-6-17-4-2-3-5-20(17)21/h2-5,7,9-11,16,21,25-26H,6,8,12-15,24H2,1H3/t21?,23-/m1/s1. The molecule has 5 rings (SSSR count). The van der Waals surface area contributed by atoms with Crippen LogP contribution in [-0.4, -0.2) is 48.8 Å². The molecule has 1 fully saturated rings. The molecule has 0 bridgehead atoms. The molecule has 0 aromatic heterocycles. The van der Waals surface area contributed by atoms with Crippen LogP contribution in [0.3, 0.4) is 0 Å². The Morgan fingerprint density at radius 1 is 1.11 bits per heavy atom. The maximum atomic E-state index is 6.87. The van der Waals surface area contributed by atoms with Crippen molar-refractivity contribution in [3.8, 4) is 0 Å². The Kier molecular flexibility index (Phi) is 4.38. The number of nitrogens with zero attached hydrogens (tertiary/aromatic N) is 2. The Labute approximate surface area is 167 Å². The van der Waals surface area contributed by atoms with Crippen molar-refractivity contribution >= 4 is 17.5 Å². The Morgan fingerprint density at radius 2 is 1.93 bits per heavy atom. The highest BCUT2D eigenvalue weighted by atomic mass is 15.5. The number of fused-ring (bicyclic) bond motifs is 2. The number of aryl methyl sites for hydroxylation is 1. The lowest BCUT2D eigenvalue weighted by molar-refractivity contribution is 0.179. The summed E-state index contributed by atoms with van der Waals surface area (Å²) in [5, 5.41) is 5.93. The highest BCUT2D eigenvalue weighted by molar-refractivity contribution is 5.76. The fourth-order valence-corrected chi connectivity index (χ4v) is 4.74. The van der Waals surface area contributed by atoms with Crippen LogP contribution >= 0.6 is 0 Å². The topological polar surface area (TPSA) is 56.6 Å². The fraction of sp³-hybridized carbons (Fsp3) is 0.391. The van der Waals surface area contributed by atoms with Crippen molar-refractivity contribution in [3.63, 3.8) is 0 Å². The van der Waals surface area contributed by atoms with E-state index < -0.39 is 5.66 Å². The first-order chi connectivity index (χ1) is 13.6. The lowest BCUT2D eigenvalue weighted by Crippen LogP contribution is -2.51. The zero-order chi connectivity index (χ0) is 19.1. The molecule has 2 aromatic rings. The second-order valence-corrected chi connectivity index (χ2v) is 8.39. The summed E-state index contributed by atoms with van der Waals surface area (Å²) < 4.78 is 0. The van der Waals surface area contributed by atoms with Crippen molar-refractivity contribution in [2.24, 2.45) is 5.73 Å². The van der Waals surface area contributed by atoms with Gasteiger partial charge in [-0.2, -0.15) is 0 Å². The molecule has 3 aliphatic rings. The molecule has 1 saturated heterocycles. The number of hydrogen-bond acceptors (Lipinski definition) is 5. The van der Waals surface area contributed by atoms with Gasteiger partial charge >= 0.3 is 0 Å². The van der Waals surface area contributed by atoms with Gasteiger partial charge in [0, 0.05) is 43.5 Å². The molecule has 146 valence electrons. The lowest BCUT2D eigenvalue weighted by Gasteiger charge is -2.38. The van der Waals surface area contributed by atoms with Gasteiger partial charge in [0.1, 0.15) is 5.66 Å². The summed E-state index contributed by atoms with van der Waals surface area (Å²) in [7, 11) is 2.18. The van der Waals surface area contributed by atoms with Crippen LogP contribution in [-0.2, 0) is 6.42 Å². The normalized spacial score (nSPS) is 27.1. The van der Waals surface area contributed by atoms with Gasteiger partial charge in [0.2, 0.25) is 0 Å². The van der Waals surface area contributed by atoms with E-state index in [2.05, 4.69) is 82.3 Å². The molecule has 0 spiro atoms. The molecule has 2 atom stereocenters. The van der Waals surface area contributed by atoms with E-state index in [-0.39, 0.29) is 0 Å². The summed E-state index contributed by atoms with van der Waals surface area (Å²) in [6, 6.07) is 15.2. The first kappa shape index (κ1) is 17.7. The molecule has 1 unspecified atom stereocenters. The molecule has 5 nitrogen and oxygen atoms in total. The minimum Gasteiger partial charge on any atom is -0.363 e. The van der Waals surface area contributed by atoms with E-state index in [4.69, 9.17) is 5.73 Å². The van der Waals surface area contributed by atoms with Crippen molar-refractivity contribution in [1.29, 1.82) is 0 Å². The largest absolute Gasteiger partial charge is 0.363 e. The maximum absolute atomic E-state index is 6.87. The number of hydrazine groups is 1. The minimum absolute atomic E-state index is 0.302. The molecule has 5 heteroatoms. The van der Waals surface area contributed by atoms with Gasteiger partial charge in [-0.3, -0.25) is 0 Å². The van der Waals surface area contributed by atoms with Crippen LogP contribution in [0.5, 0.6) is 0 Å². The Balaban J connectivity index is 1.34. The van der Waals surface area contributed by atoms with Crippen molar-refractivity contribution in [1.82, 2.24) is 9.91 Å². The third-order valence-corrected chi connectivity index (χ3v) is 6.44. The zero-order valence-electron chi connectivity index (χ0n) is 16.5. The first-order valence-electron chi connectivity index (χ1n) is 10.3. The van der Waals surface area contributed by atoms with E-state index in [1.165, 1.54) is 16.7 Å². The van der Waals surface area contributed by atoms with Crippen molar-refractivity contribution < 1.29 is 0 Å². The molecule has 4 N–H and O–H groups in total. The highest BCUT2D eigenvalue weighted by Crippen LogP contribution is 2.43. The van der Waals surface area contributed by atoms with Gasteiger partial charge in [-0.1, -0.05) is 30.3 Å². The molecule has 28 heavy (non-hydrogen) atoms. The predicted octanol–water partition coefficient (Wildman–Crippen LogP) is 3.08. The molecular weight excluding hydrogens is 346 g/mol. The summed E-state index contributed by atoms with van der Waals surface area (Å²) in [4.78, 5) is 2.36. The van der Waals surface area contributed by atoms with Gasteiger partial charge in [-0.25, -0.2) is 5.01 Å². The highest BCUT2D eigenvalue weighted by Gasteiger charge is 2.39. The van der Waals surface area contributed by atoms with Crippen LogP contribution < -0.4 is 16.5 Å². The summed E-state index contributed by atoms with van der Waals surface area (Å²) in [5.74, 6) is 0.302. The van der Waals surface area contributed by atoms with Gasteiger partial charge < -0.3 is 21.4 Å².